The van der Waals surface area contributed by atoms with E-state index in [0.29, 0.717) is 0 Å². The van der Waals surface area contributed by atoms with E-state index in [4.69, 9.17) is 4.98 Å². The predicted octanol–water partition coefficient (Wildman–Crippen LogP) is 3.33. The van der Waals surface area contributed by atoms with Crippen molar-refractivity contribution >= 4 is 16.6 Å². The molecule has 106 valence electrons. The third kappa shape index (κ3) is 2.78. The molecule has 1 N–H and O–H groups in total. The smallest absolute Gasteiger partial charge is 0.136 e. The van der Waals surface area contributed by atoms with Gasteiger partial charge in [-0.1, -0.05) is 24.3 Å². The quantitative estimate of drug-likeness (QED) is 0.872. The Morgan fingerprint density at radius 3 is 2.65 bits per heavy atom. The van der Waals surface area contributed by atoms with Gasteiger partial charge < -0.3 is 10.2 Å². The average molecular weight is 269 g/mol. The lowest BCUT2D eigenvalue weighted by Gasteiger charge is -2.22. The summed E-state index contributed by atoms with van der Waals surface area (Å²) in [4.78, 5) is 7.24. The van der Waals surface area contributed by atoms with E-state index in [1.807, 2.05) is 0 Å². The molecule has 3 rings (SSSR count). The van der Waals surface area contributed by atoms with Crippen LogP contribution in [0, 0.1) is 0 Å². The molecule has 20 heavy (non-hydrogen) atoms. The molecule has 2 aromatic rings. The van der Waals surface area contributed by atoms with Gasteiger partial charge in [0.2, 0.25) is 0 Å². The number of fused-ring (bicyclic) bond motifs is 1. The molecule has 1 saturated carbocycles. The SMILES string of the molecule is CCN(CC)c1nc(CNC2CC2)cc2ccccc12. The van der Waals surface area contributed by atoms with E-state index >= 15 is 0 Å². The fraction of sp³-hybridized carbons (Fsp3) is 0.471. The maximum atomic E-state index is 4.91. The zero-order chi connectivity index (χ0) is 13.9. The van der Waals surface area contributed by atoms with E-state index in [0.717, 1.165) is 37.2 Å². The first-order valence-electron chi connectivity index (χ1n) is 7.68. The van der Waals surface area contributed by atoms with Gasteiger partial charge in [-0.25, -0.2) is 4.98 Å². The monoisotopic (exact) mass is 269 g/mol. The molecule has 1 heterocycles. The van der Waals surface area contributed by atoms with Crippen molar-refractivity contribution in [1.82, 2.24) is 10.3 Å². The first kappa shape index (κ1) is 13.4. The maximum absolute atomic E-state index is 4.91. The van der Waals surface area contributed by atoms with E-state index in [2.05, 4.69) is 54.4 Å². The molecule has 1 aliphatic rings. The van der Waals surface area contributed by atoms with Crippen LogP contribution in [0.1, 0.15) is 32.4 Å². The Bertz CT molecular complexity index is 586. The zero-order valence-electron chi connectivity index (χ0n) is 12.4. The molecule has 0 spiro atoms. The largest absolute Gasteiger partial charge is 0.357 e. The summed E-state index contributed by atoms with van der Waals surface area (Å²) >= 11 is 0. The number of rotatable bonds is 6. The van der Waals surface area contributed by atoms with Gasteiger partial charge in [0.1, 0.15) is 5.82 Å². The number of anilines is 1. The molecule has 0 radical (unpaired) electrons. The number of nitrogens with zero attached hydrogens (tertiary/aromatic N) is 2. The third-order valence-electron chi connectivity index (χ3n) is 3.99. The number of hydrogen-bond acceptors (Lipinski definition) is 3. The minimum Gasteiger partial charge on any atom is -0.357 e. The van der Waals surface area contributed by atoms with E-state index in [-0.39, 0.29) is 0 Å². The normalized spacial score (nSPS) is 14.7. The van der Waals surface area contributed by atoms with Crippen LogP contribution in [0.15, 0.2) is 30.3 Å². The Morgan fingerprint density at radius 1 is 1.20 bits per heavy atom. The molecule has 3 heteroatoms. The van der Waals surface area contributed by atoms with E-state index in [1.165, 1.54) is 23.6 Å². The summed E-state index contributed by atoms with van der Waals surface area (Å²) in [6.07, 6.45) is 2.63. The Labute approximate surface area is 121 Å². The fourth-order valence-corrected chi connectivity index (χ4v) is 2.63. The summed E-state index contributed by atoms with van der Waals surface area (Å²) in [5.41, 5.74) is 1.15. The molecule has 0 amide bonds. The molecule has 0 bridgehead atoms. The Hall–Kier alpha value is -1.61. The van der Waals surface area contributed by atoms with Crippen molar-refractivity contribution in [2.24, 2.45) is 0 Å². The standard InChI is InChI=1S/C17H23N3/c1-3-20(4-2)17-16-8-6-5-7-13(16)11-15(19-17)12-18-14-9-10-14/h5-8,11,14,18H,3-4,9-10,12H2,1-2H3. The van der Waals surface area contributed by atoms with Crippen molar-refractivity contribution in [3.05, 3.63) is 36.0 Å². The van der Waals surface area contributed by atoms with E-state index in [1.54, 1.807) is 0 Å². The van der Waals surface area contributed by atoms with E-state index in [9.17, 15) is 0 Å². The topological polar surface area (TPSA) is 28.2 Å². The summed E-state index contributed by atoms with van der Waals surface area (Å²) in [5.74, 6) is 1.13. The number of benzene rings is 1. The third-order valence-corrected chi connectivity index (χ3v) is 3.99. The van der Waals surface area contributed by atoms with Gasteiger partial charge in [-0.15, -0.1) is 0 Å². The van der Waals surface area contributed by atoms with Crippen LogP contribution in [0.4, 0.5) is 5.82 Å². The number of aromatic nitrogens is 1. The molecule has 0 saturated heterocycles. The molecule has 0 aliphatic heterocycles. The van der Waals surface area contributed by atoms with Gasteiger partial charge >= 0.3 is 0 Å². The Balaban J connectivity index is 1.99. The fourth-order valence-electron chi connectivity index (χ4n) is 2.63. The van der Waals surface area contributed by atoms with Gasteiger partial charge in [0.15, 0.2) is 0 Å². The van der Waals surface area contributed by atoms with Crippen LogP contribution in [-0.4, -0.2) is 24.1 Å². The molecular weight excluding hydrogens is 246 g/mol. The second-order valence-electron chi connectivity index (χ2n) is 5.49. The summed E-state index contributed by atoms with van der Waals surface area (Å²) in [7, 11) is 0. The zero-order valence-corrected chi connectivity index (χ0v) is 12.4. The first-order valence-corrected chi connectivity index (χ1v) is 7.68. The van der Waals surface area contributed by atoms with Crippen LogP contribution >= 0.6 is 0 Å². The Kier molecular flexibility index (Phi) is 3.88. The summed E-state index contributed by atoms with van der Waals surface area (Å²) in [6, 6.07) is 11.5. The highest BCUT2D eigenvalue weighted by Crippen LogP contribution is 2.26. The van der Waals surface area contributed by atoms with Crippen molar-refractivity contribution in [2.45, 2.75) is 39.3 Å². The highest BCUT2D eigenvalue weighted by molar-refractivity contribution is 5.92. The lowest BCUT2D eigenvalue weighted by atomic mass is 10.1. The first-order chi connectivity index (χ1) is 9.81. The van der Waals surface area contributed by atoms with Crippen molar-refractivity contribution in [3.8, 4) is 0 Å². The van der Waals surface area contributed by atoms with Gasteiger partial charge in [-0.2, -0.15) is 0 Å². The second-order valence-corrected chi connectivity index (χ2v) is 5.49. The predicted molar refractivity (Wildman–Crippen MR) is 85.2 cm³/mol. The molecule has 3 nitrogen and oxygen atoms in total. The molecule has 1 fully saturated rings. The maximum Gasteiger partial charge on any atom is 0.136 e. The van der Waals surface area contributed by atoms with Crippen LogP contribution < -0.4 is 10.2 Å². The molecule has 1 aliphatic carbocycles. The molecule has 0 unspecified atom stereocenters. The van der Waals surface area contributed by atoms with Crippen LogP contribution in [0.2, 0.25) is 0 Å². The average Bonchev–Trinajstić information content (AvgIpc) is 3.30. The lowest BCUT2D eigenvalue weighted by molar-refractivity contribution is 0.674. The highest BCUT2D eigenvalue weighted by Gasteiger charge is 2.20. The van der Waals surface area contributed by atoms with Crippen LogP contribution in [0.5, 0.6) is 0 Å². The molecule has 1 aromatic heterocycles. The summed E-state index contributed by atoms with van der Waals surface area (Å²) < 4.78 is 0. The summed E-state index contributed by atoms with van der Waals surface area (Å²) in [6.45, 7) is 7.24. The molecule has 0 atom stereocenters. The van der Waals surface area contributed by atoms with Gasteiger partial charge in [0.05, 0.1) is 5.69 Å². The minimum absolute atomic E-state index is 0.722. The summed E-state index contributed by atoms with van der Waals surface area (Å²) in [5, 5.41) is 6.10. The number of hydrogen-bond donors (Lipinski definition) is 1. The molecular formula is C17H23N3. The van der Waals surface area contributed by atoms with Crippen LogP contribution in [0.3, 0.4) is 0 Å². The lowest BCUT2D eigenvalue weighted by Crippen LogP contribution is -2.24. The van der Waals surface area contributed by atoms with Crippen LogP contribution in [-0.2, 0) is 6.54 Å². The number of nitrogens with one attached hydrogen (secondary N) is 1. The van der Waals surface area contributed by atoms with Crippen LogP contribution in [0.25, 0.3) is 10.8 Å². The van der Waals surface area contributed by atoms with Gasteiger partial charge in [0, 0.05) is 31.1 Å². The number of pyridine rings is 1. The minimum atomic E-state index is 0.722. The Morgan fingerprint density at radius 2 is 1.95 bits per heavy atom. The van der Waals surface area contributed by atoms with Crippen molar-refractivity contribution in [2.75, 3.05) is 18.0 Å². The van der Waals surface area contributed by atoms with Gasteiger partial charge in [-0.05, 0) is 38.1 Å². The van der Waals surface area contributed by atoms with Gasteiger partial charge in [0.25, 0.3) is 0 Å². The second kappa shape index (κ2) is 5.80. The van der Waals surface area contributed by atoms with E-state index < -0.39 is 0 Å². The van der Waals surface area contributed by atoms with Crippen molar-refractivity contribution in [1.29, 1.82) is 0 Å². The van der Waals surface area contributed by atoms with Crippen molar-refractivity contribution in [3.63, 3.8) is 0 Å². The molecule has 1 aromatic carbocycles. The van der Waals surface area contributed by atoms with Crippen molar-refractivity contribution < 1.29 is 0 Å². The highest BCUT2D eigenvalue weighted by atomic mass is 15.2. The van der Waals surface area contributed by atoms with Gasteiger partial charge in [-0.3, -0.25) is 0 Å².